The maximum atomic E-state index is 12.5. The highest BCUT2D eigenvalue weighted by atomic mass is 16.6. The lowest BCUT2D eigenvalue weighted by Crippen LogP contribution is -2.18. The molecule has 0 unspecified atom stereocenters. The van der Waals surface area contributed by atoms with Crippen molar-refractivity contribution < 1.29 is 14.5 Å². The van der Waals surface area contributed by atoms with E-state index in [1.807, 2.05) is 0 Å². The molecule has 0 radical (unpaired) electrons. The van der Waals surface area contributed by atoms with E-state index < -0.39 is 4.92 Å². The first kappa shape index (κ1) is 18.8. The SMILES string of the molecule is CNC(=O)c1ccc(NC(=O)c2cnn(-c3ccc([N+](=O)[O-])cc3)c2)c(C)c1. The van der Waals surface area contributed by atoms with E-state index in [9.17, 15) is 19.7 Å². The fourth-order valence-electron chi connectivity index (χ4n) is 2.59. The minimum atomic E-state index is -0.483. The molecule has 3 rings (SSSR count). The van der Waals surface area contributed by atoms with Gasteiger partial charge in [-0.15, -0.1) is 0 Å². The van der Waals surface area contributed by atoms with Gasteiger partial charge in [0, 0.05) is 36.6 Å². The molecule has 0 fully saturated rings. The topological polar surface area (TPSA) is 119 Å². The molecule has 0 atom stereocenters. The van der Waals surface area contributed by atoms with E-state index in [2.05, 4.69) is 15.7 Å². The number of nitrogens with zero attached hydrogens (tertiary/aromatic N) is 3. The van der Waals surface area contributed by atoms with Crippen molar-refractivity contribution in [3.8, 4) is 5.69 Å². The molecule has 2 aromatic carbocycles. The molecule has 2 amide bonds. The number of anilines is 1. The van der Waals surface area contributed by atoms with Crippen molar-refractivity contribution in [2.24, 2.45) is 0 Å². The molecule has 0 bridgehead atoms. The van der Waals surface area contributed by atoms with E-state index >= 15 is 0 Å². The molecule has 9 heteroatoms. The zero-order valence-electron chi connectivity index (χ0n) is 15.2. The Labute approximate surface area is 160 Å². The highest BCUT2D eigenvalue weighted by molar-refractivity contribution is 6.04. The Kier molecular flexibility index (Phi) is 5.16. The number of aromatic nitrogens is 2. The van der Waals surface area contributed by atoms with Gasteiger partial charge in [0.1, 0.15) is 0 Å². The van der Waals surface area contributed by atoms with Gasteiger partial charge >= 0.3 is 0 Å². The van der Waals surface area contributed by atoms with Crippen molar-refractivity contribution in [3.63, 3.8) is 0 Å². The van der Waals surface area contributed by atoms with Crippen LogP contribution in [-0.4, -0.2) is 33.6 Å². The number of amides is 2. The summed E-state index contributed by atoms with van der Waals surface area (Å²) < 4.78 is 1.46. The largest absolute Gasteiger partial charge is 0.355 e. The summed E-state index contributed by atoms with van der Waals surface area (Å²) in [6.07, 6.45) is 2.94. The minimum Gasteiger partial charge on any atom is -0.355 e. The Morgan fingerprint density at radius 3 is 2.39 bits per heavy atom. The maximum absolute atomic E-state index is 12.5. The third kappa shape index (κ3) is 3.88. The van der Waals surface area contributed by atoms with Crippen molar-refractivity contribution in [1.82, 2.24) is 15.1 Å². The van der Waals surface area contributed by atoms with Crippen LogP contribution in [0, 0.1) is 17.0 Å². The summed E-state index contributed by atoms with van der Waals surface area (Å²) in [5.41, 5.74) is 2.73. The second-order valence-electron chi connectivity index (χ2n) is 6.01. The number of rotatable bonds is 5. The van der Waals surface area contributed by atoms with Crippen LogP contribution in [0.4, 0.5) is 11.4 Å². The summed E-state index contributed by atoms with van der Waals surface area (Å²) in [5, 5.41) is 20.2. The maximum Gasteiger partial charge on any atom is 0.269 e. The molecule has 0 aliphatic heterocycles. The summed E-state index contributed by atoms with van der Waals surface area (Å²) in [4.78, 5) is 34.4. The zero-order chi connectivity index (χ0) is 20.3. The lowest BCUT2D eigenvalue weighted by molar-refractivity contribution is -0.384. The first-order chi connectivity index (χ1) is 13.4. The molecule has 3 aromatic rings. The summed E-state index contributed by atoms with van der Waals surface area (Å²) in [6, 6.07) is 10.8. The number of hydrogen-bond donors (Lipinski definition) is 2. The van der Waals surface area contributed by atoms with Gasteiger partial charge in [-0.05, 0) is 42.8 Å². The Morgan fingerprint density at radius 2 is 1.79 bits per heavy atom. The molecule has 1 aromatic heterocycles. The van der Waals surface area contributed by atoms with Crippen molar-refractivity contribution >= 4 is 23.2 Å². The van der Waals surface area contributed by atoms with E-state index in [1.165, 1.54) is 29.2 Å². The number of aryl methyl sites for hydroxylation is 1. The van der Waals surface area contributed by atoms with Crippen LogP contribution in [0.3, 0.4) is 0 Å². The van der Waals surface area contributed by atoms with Gasteiger partial charge in [-0.3, -0.25) is 19.7 Å². The number of carbonyl (C=O) groups excluding carboxylic acids is 2. The average Bonchev–Trinajstić information content (AvgIpc) is 3.19. The molecule has 0 aliphatic carbocycles. The van der Waals surface area contributed by atoms with Crippen LogP contribution in [0.15, 0.2) is 54.9 Å². The smallest absolute Gasteiger partial charge is 0.269 e. The summed E-state index contributed by atoms with van der Waals surface area (Å²) in [5.74, 6) is -0.561. The molecule has 0 aliphatic rings. The van der Waals surface area contributed by atoms with Crippen LogP contribution >= 0.6 is 0 Å². The quantitative estimate of drug-likeness (QED) is 0.522. The standard InChI is InChI=1S/C19H17N5O4/c1-12-9-13(18(25)20-2)3-8-17(12)22-19(26)14-10-21-23(11-14)15-4-6-16(7-5-15)24(27)28/h3-11H,1-2H3,(H,20,25)(H,22,26). The summed E-state index contributed by atoms with van der Waals surface area (Å²) in [6.45, 7) is 1.79. The Hall–Kier alpha value is -4.01. The predicted molar refractivity (Wildman–Crippen MR) is 103 cm³/mol. The van der Waals surface area contributed by atoms with E-state index in [-0.39, 0.29) is 17.5 Å². The highest BCUT2D eigenvalue weighted by Gasteiger charge is 2.13. The average molecular weight is 379 g/mol. The molecular formula is C19H17N5O4. The van der Waals surface area contributed by atoms with E-state index in [4.69, 9.17) is 0 Å². The second-order valence-corrected chi connectivity index (χ2v) is 6.01. The number of carbonyl (C=O) groups is 2. The third-order valence-corrected chi connectivity index (χ3v) is 4.13. The van der Waals surface area contributed by atoms with Crippen LogP contribution in [0.25, 0.3) is 5.69 Å². The number of nitrogens with one attached hydrogen (secondary N) is 2. The van der Waals surface area contributed by atoms with Crippen LogP contribution in [-0.2, 0) is 0 Å². The van der Waals surface area contributed by atoms with Crippen molar-refractivity contribution in [3.05, 3.63) is 81.7 Å². The molecule has 28 heavy (non-hydrogen) atoms. The van der Waals surface area contributed by atoms with Gasteiger partial charge in [-0.25, -0.2) is 4.68 Å². The Morgan fingerprint density at radius 1 is 1.07 bits per heavy atom. The predicted octanol–water partition coefficient (Wildman–Crippen LogP) is 2.70. The fraction of sp³-hybridized carbons (Fsp3) is 0.105. The first-order valence-corrected chi connectivity index (χ1v) is 8.32. The number of nitro benzene ring substituents is 1. The van der Waals surface area contributed by atoms with Gasteiger partial charge < -0.3 is 10.6 Å². The fourth-order valence-corrected chi connectivity index (χ4v) is 2.59. The van der Waals surface area contributed by atoms with Gasteiger partial charge in [0.15, 0.2) is 0 Å². The molecule has 9 nitrogen and oxygen atoms in total. The number of benzene rings is 2. The summed E-state index contributed by atoms with van der Waals surface area (Å²) in [7, 11) is 1.55. The number of nitro groups is 1. The second kappa shape index (κ2) is 7.70. The zero-order valence-corrected chi connectivity index (χ0v) is 15.2. The Bertz CT molecular complexity index is 1060. The van der Waals surface area contributed by atoms with Crippen molar-refractivity contribution in [2.75, 3.05) is 12.4 Å². The van der Waals surface area contributed by atoms with Gasteiger partial charge in [-0.1, -0.05) is 0 Å². The highest BCUT2D eigenvalue weighted by Crippen LogP contribution is 2.19. The van der Waals surface area contributed by atoms with Crippen molar-refractivity contribution in [2.45, 2.75) is 6.92 Å². The number of hydrogen-bond acceptors (Lipinski definition) is 5. The van der Waals surface area contributed by atoms with Crippen LogP contribution in [0.5, 0.6) is 0 Å². The molecule has 0 saturated heterocycles. The van der Waals surface area contributed by atoms with E-state index in [0.29, 0.717) is 22.5 Å². The number of non-ortho nitro benzene ring substituents is 1. The lowest BCUT2D eigenvalue weighted by Gasteiger charge is -2.09. The van der Waals surface area contributed by atoms with Crippen LogP contribution in [0.1, 0.15) is 26.3 Å². The molecule has 0 saturated carbocycles. The molecule has 142 valence electrons. The molecular weight excluding hydrogens is 362 g/mol. The van der Waals surface area contributed by atoms with Gasteiger partial charge in [0.25, 0.3) is 17.5 Å². The van der Waals surface area contributed by atoms with Crippen LogP contribution in [0.2, 0.25) is 0 Å². The normalized spacial score (nSPS) is 10.4. The molecule has 0 spiro atoms. The molecule has 2 N–H and O–H groups in total. The monoisotopic (exact) mass is 379 g/mol. The summed E-state index contributed by atoms with van der Waals surface area (Å²) >= 11 is 0. The Balaban J connectivity index is 1.75. The van der Waals surface area contributed by atoms with Crippen LogP contribution < -0.4 is 10.6 Å². The van der Waals surface area contributed by atoms with E-state index in [1.54, 1.807) is 44.3 Å². The van der Waals surface area contributed by atoms with Gasteiger partial charge in [-0.2, -0.15) is 5.10 Å². The minimum absolute atomic E-state index is 0.0236. The van der Waals surface area contributed by atoms with Gasteiger partial charge in [0.2, 0.25) is 0 Å². The van der Waals surface area contributed by atoms with Gasteiger partial charge in [0.05, 0.1) is 22.4 Å². The third-order valence-electron chi connectivity index (χ3n) is 4.13. The van der Waals surface area contributed by atoms with Crippen molar-refractivity contribution in [1.29, 1.82) is 0 Å². The van der Waals surface area contributed by atoms with E-state index in [0.717, 1.165) is 5.56 Å². The molecule has 1 heterocycles. The first-order valence-electron chi connectivity index (χ1n) is 8.32. The lowest BCUT2D eigenvalue weighted by atomic mass is 10.1.